The van der Waals surface area contributed by atoms with E-state index in [2.05, 4.69) is 35.5 Å². The highest BCUT2D eigenvalue weighted by atomic mass is 19.1. The number of esters is 1. The molecule has 0 aliphatic carbocycles. The van der Waals surface area contributed by atoms with E-state index in [1.165, 1.54) is 19.2 Å². The molecule has 0 saturated carbocycles. The van der Waals surface area contributed by atoms with Gasteiger partial charge < -0.3 is 24.7 Å². The molecular formula is C22H23FN6O4. The Balaban J connectivity index is 1.27. The predicted octanol–water partition coefficient (Wildman–Crippen LogP) is 2.46. The molecule has 1 amide bonds. The van der Waals surface area contributed by atoms with Gasteiger partial charge in [0.25, 0.3) is 0 Å². The van der Waals surface area contributed by atoms with Crippen LogP contribution in [-0.2, 0) is 16.0 Å². The van der Waals surface area contributed by atoms with Gasteiger partial charge in [0, 0.05) is 25.3 Å². The minimum atomic E-state index is -0.479. The number of piperidine rings is 1. The number of benzene rings is 1. The third-order valence-electron chi connectivity index (χ3n) is 5.27. The highest BCUT2D eigenvalue weighted by molar-refractivity contribution is 5.89. The lowest BCUT2D eigenvalue weighted by atomic mass is 10.0. The molecule has 3 heterocycles. The summed E-state index contributed by atoms with van der Waals surface area (Å²) >= 11 is 0. The molecule has 4 rings (SSSR count). The fraction of sp³-hybridized carbons (Fsp3) is 0.318. The molecule has 2 aromatic heterocycles. The Hall–Kier alpha value is -4.02. The molecule has 11 heteroatoms. The largest absolute Gasteiger partial charge is 0.469 e. The number of amides is 1. The van der Waals surface area contributed by atoms with Crippen LogP contribution >= 0.6 is 0 Å². The molecule has 0 spiro atoms. The first-order valence-corrected chi connectivity index (χ1v) is 10.4. The van der Waals surface area contributed by atoms with Crippen LogP contribution in [0.5, 0.6) is 0 Å². The Morgan fingerprint density at radius 2 is 1.97 bits per heavy atom. The van der Waals surface area contributed by atoms with Gasteiger partial charge in [-0.2, -0.15) is 0 Å². The van der Waals surface area contributed by atoms with Gasteiger partial charge in [0.2, 0.25) is 0 Å². The second-order valence-electron chi connectivity index (χ2n) is 7.53. The predicted molar refractivity (Wildman–Crippen MR) is 117 cm³/mol. The lowest BCUT2D eigenvalue weighted by molar-refractivity contribution is -0.139. The van der Waals surface area contributed by atoms with Crippen molar-refractivity contribution in [3.05, 3.63) is 59.9 Å². The average Bonchev–Trinajstić information content (AvgIpc) is 3.30. The molecule has 10 nitrogen and oxygen atoms in total. The van der Waals surface area contributed by atoms with Crippen LogP contribution in [0.2, 0.25) is 0 Å². The SMILES string of the molecule is COC(=O)Cc1ccc(N2CCC(NC(=O)c3nnc(Nc4ccccc4F)o3)CC2)nc1. The number of para-hydroxylation sites is 1. The Morgan fingerprint density at radius 3 is 2.67 bits per heavy atom. The van der Waals surface area contributed by atoms with Gasteiger partial charge >= 0.3 is 23.8 Å². The van der Waals surface area contributed by atoms with E-state index in [1.54, 1.807) is 18.3 Å². The highest BCUT2D eigenvalue weighted by Crippen LogP contribution is 2.20. The number of nitrogens with one attached hydrogen (secondary N) is 2. The van der Waals surface area contributed by atoms with E-state index in [9.17, 15) is 14.0 Å². The van der Waals surface area contributed by atoms with Crippen molar-refractivity contribution in [3.63, 3.8) is 0 Å². The van der Waals surface area contributed by atoms with Crippen molar-refractivity contribution in [2.45, 2.75) is 25.3 Å². The normalized spacial score (nSPS) is 14.1. The van der Waals surface area contributed by atoms with E-state index in [0.29, 0.717) is 25.9 Å². The van der Waals surface area contributed by atoms with Crippen molar-refractivity contribution >= 4 is 29.4 Å². The van der Waals surface area contributed by atoms with Crippen LogP contribution in [0.15, 0.2) is 47.0 Å². The van der Waals surface area contributed by atoms with Crippen LogP contribution < -0.4 is 15.5 Å². The standard InChI is InChI=1S/C22H23FN6O4/c1-32-19(30)12-14-6-7-18(24-13-14)29-10-8-15(9-11-29)25-20(31)21-27-28-22(33-21)26-17-5-3-2-4-16(17)23/h2-7,13,15H,8-12H2,1H3,(H,25,31)(H,26,28). The van der Waals surface area contributed by atoms with E-state index in [-0.39, 0.29) is 36.0 Å². The summed E-state index contributed by atoms with van der Waals surface area (Å²) in [5.41, 5.74) is 0.962. The maximum absolute atomic E-state index is 13.7. The molecule has 1 aliphatic heterocycles. The van der Waals surface area contributed by atoms with Gasteiger partial charge in [-0.15, -0.1) is 5.10 Å². The maximum atomic E-state index is 13.7. The number of carbonyl (C=O) groups excluding carboxylic acids is 2. The van der Waals surface area contributed by atoms with E-state index >= 15 is 0 Å². The minimum Gasteiger partial charge on any atom is -0.469 e. The number of hydrogen-bond acceptors (Lipinski definition) is 9. The van der Waals surface area contributed by atoms with Gasteiger partial charge in [-0.1, -0.05) is 23.3 Å². The van der Waals surface area contributed by atoms with Crippen LogP contribution in [-0.4, -0.2) is 53.3 Å². The molecule has 0 bridgehead atoms. The second kappa shape index (κ2) is 10.1. The summed E-state index contributed by atoms with van der Waals surface area (Å²) in [5, 5.41) is 13.0. The molecule has 2 N–H and O–H groups in total. The third-order valence-corrected chi connectivity index (χ3v) is 5.27. The lowest BCUT2D eigenvalue weighted by Gasteiger charge is -2.33. The maximum Gasteiger partial charge on any atom is 0.320 e. The fourth-order valence-corrected chi connectivity index (χ4v) is 3.49. The van der Waals surface area contributed by atoms with E-state index in [4.69, 9.17) is 4.42 Å². The van der Waals surface area contributed by atoms with Gasteiger partial charge in [0.15, 0.2) is 0 Å². The summed E-state index contributed by atoms with van der Waals surface area (Å²) in [6, 6.07) is 9.65. The molecule has 1 aliphatic rings. The summed E-state index contributed by atoms with van der Waals surface area (Å²) in [7, 11) is 1.35. The summed E-state index contributed by atoms with van der Waals surface area (Å²) in [5.74, 6) is -0.639. The van der Waals surface area contributed by atoms with E-state index < -0.39 is 11.7 Å². The van der Waals surface area contributed by atoms with Crippen LogP contribution in [0.3, 0.4) is 0 Å². The van der Waals surface area contributed by atoms with Gasteiger partial charge in [-0.25, -0.2) is 9.37 Å². The van der Waals surface area contributed by atoms with E-state index in [0.717, 1.165) is 11.4 Å². The number of aromatic nitrogens is 3. The summed E-state index contributed by atoms with van der Waals surface area (Å²) < 4.78 is 23.7. The zero-order chi connectivity index (χ0) is 23.2. The molecule has 1 aromatic carbocycles. The number of rotatable bonds is 7. The fourth-order valence-electron chi connectivity index (χ4n) is 3.49. The number of halogens is 1. The molecule has 0 radical (unpaired) electrons. The van der Waals surface area contributed by atoms with Gasteiger partial charge in [0.05, 0.1) is 19.2 Å². The van der Waals surface area contributed by atoms with Crippen LogP contribution in [0, 0.1) is 5.82 Å². The third kappa shape index (κ3) is 5.62. The number of nitrogens with zero attached hydrogens (tertiary/aromatic N) is 4. The Labute approximate surface area is 189 Å². The van der Waals surface area contributed by atoms with E-state index in [1.807, 2.05) is 12.1 Å². The molecule has 1 fully saturated rings. The number of pyridine rings is 1. The van der Waals surface area contributed by atoms with Crippen molar-refractivity contribution in [2.75, 3.05) is 30.4 Å². The molecule has 33 heavy (non-hydrogen) atoms. The van der Waals surface area contributed by atoms with Crippen molar-refractivity contribution < 1.29 is 23.1 Å². The summed E-state index contributed by atoms with van der Waals surface area (Å²) in [4.78, 5) is 30.4. The van der Waals surface area contributed by atoms with Crippen LogP contribution in [0.4, 0.5) is 21.9 Å². The Morgan fingerprint density at radius 1 is 1.18 bits per heavy atom. The summed E-state index contributed by atoms with van der Waals surface area (Å²) in [6.07, 6.45) is 3.28. The second-order valence-corrected chi connectivity index (χ2v) is 7.53. The molecule has 0 unspecified atom stereocenters. The van der Waals surface area contributed by atoms with Crippen molar-refractivity contribution in [2.24, 2.45) is 0 Å². The average molecular weight is 454 g/mol. The van der Waals surface area contributed by atoms with Crippen LogP contribution in [0.1, 0.15) is 29.1 Å². The van der Waals surface area contributed by atoms with Crippen molar-refractivity contribution in [1.29, 1.82) is 0 Å². The number of carbonyl (C=O) groups is 2. The Kier molecular flexibility index (Phi) is 6.77. The quantitative estimate of drug-likeness (QED) is 0.518. The zero-order valence-corrected chi connectivity index (χ0v) is 18.0. The topological polar surface area (TPSA) is 122 Å². The summed E-state index contributed by atoms with van der Waals surface area (Å²) in [6.45, 7) is 1.41. The zero-order valence-electron chi connectivity index (χ0n) is 18.0. The lowest BCUT2D eigenvalue weighted by Crippen LogP contribution is -2.45. The number of methoxy groups -OCH3 is 1. The smallest absolute Gasteiger partial charge is 0.320 e. The van der Waals surface area contributed by atoms with Crippen molar-refractivity contribution in [1.82, 2.24) is 20.5 Å². The first-order valence-electron chi connectivity index (χ1n) is 10.4. The molecule has 1 saturated heterocycles. The monoisotopic (exact) mass is 454 g/mol. The molecule has 3 aromatic rings. The number of hydrogen-bond donors (Lipinski definition) is 2. The highest BCUT2D eigenvalue weighted by Gasteiger charge is 2.24. The van der Waals surface area contributed by atoms with Crippen molar-refractivity contribution in [3.8, 4) is 0 Å². The molecular weight excluding hydrogens is 431 g/mol. The number of ether oxygens (including phenoxy) is 1. The first kappa shape index (κ1) is 22.2. The van der Waals surface area contributed by atoms with Crippen LogP contribution in [0.25, 0.3) is 0 Å². The number of anilines is 3. The minimum absolute atomic E-state index is 0.0535. The van der Waals surface area contributed by atoms with Gasteiger partial charge in [-0.3, -0.25) is 9.59 Å². The molecule has 172 valence electrons. The molecule has 0 atom stereocenters. The first-order chi connectivity index (χ1) is 16.0. The van der Waals surface area contributed by atoms with Gasteiger partial charge in [0.1, 0.15) is 11.6 Å². The Bertz CT molecular complexity index is 1110. The van der Waals surface area contributed by atoms with Gasteiger partial charge in [-0.05, 0) is 36.6 Å².